The third-order valence-electron chi connectivity index (χ3n) is 2.59. The summed E-state index contributed by atoms with van der Waals surface area (Å²) in [5.74, 6) is 0.706. The first-order valence-corrected chi connectivity index (χ1v) is 6.76. The van der Waals surface area contributed by atoms with Gasteiger partial charge in [0.1, 0.15) is 0 Å². The Bertz CT molecular complexity index is 270. The Morgan fingerprint density at radius 3 is 2.57 bits per heavy atom. The van der Waals surface area contributed by atoms with Gasteiger partial charge in [0, 0.05) is 15.9 Å². The van der Waals surface area contributed by atoms with Crippen LogP contribution in [0.5, 0.6) is 0 Å². The lowest BCUT2D eigenvalue weighted by molar-refractivity contribution is 0.403. The predicted octanol–water partition coefficient (Wildman–Crippen LogP) is 3.69. The van der Waals surface area contributed by atoms with Gasteiger partial charge in [0.15, 0.2) is 0 Å². The van der Waals surface area contributed by atoms with E-state index in [-0.39, 0.29) is 0 Å². The highest BCUT2D eigenvalue weighted by Crippen LogP contribution is 2.23. The van der Waals surface area contributed by atoms with Crippen LogP contribution < -0.4 is 5.32 Å². The number of hydrogen-bond acceptors (Lipinski definition) is 2. The van der Waals surface area contributed by atoms with Gasteiger partial charge >= 0.3 is 0 Å². The number of halogens is 1. The van der Waals surface area contributed by atoms with Crippen molar-refractivity contribution < 1.29 is 0 Å². The van der Waals surface area contributed by atoms with E-state index in [4.69, 9.17) is 0 Å². The zero-order valence-corrected chi connectivity index (χ0v) is 11.4. The molecular formula is C11H18BrNS. The monoisotopic (exact) mass is 275 g/mol. The van der Waals surface area contributed by atoms with E-state index < -0.39 is 0 Å². The van der Waals surface area contributed by atoms with Crippen LogP contribution in [0.25, 0.3) is 0 Å². The molecule has 0 bridgehead atoms. The van der Waals surface area contributed by atoms with E-state index in [0.717, 1.165) is 6.42 Å². The fourth-order valence-corrected chi connectivity index (χ4v) is 3.14. The minimum absolute atomic E-state index is 0.627. The molecule has 0 radical (unpaired) electrons. The highest BCUT2D eigenvalue weighted by molar-refractivity contribution is 9.10. The standard InChI is InChI=1S/C11H18BrNS/c1-8(2)11(13-3)5-4-9-6-14-7-10(9)12/h6-8,11,13H,4-5H2,1-3H3. The molecule has 1 N–H and O–H groups in total. The van der Waals surface area contributed by atoms with Gasteiger partial charge in [-0.3, -0.25) is 0 Å². The molecule has 0 saturated heterocycles. The van der Waals surface area contributed by atoms with Crippen molar-refractivity contribution in [1.29, 1.82) is 0 Å². The van der Waals surface area contributed by atoms with Gasteiger partial charge in [-0.15, -0.1) is 0 Å². The van der Waals surface area contributed by atoms with E-state index in [2.05, 4.69) is 45.9 Å². The molecule has 0 saturated carbocycles. The number of rotatable bonds is 5. The fourth-order valence-electron chi connectivity index (χ4n) is 1.61. The highest BCUT2D eigenvalue weighted by Gasteiger charge is 2.11. The van der Waals surface area contributed by atoms with Gasteiger partial charge in [-0.2, -0.15) is 11.3 Å². The molecule has 0 spiro atoms. The van der Waals surface area contributed by atoms with Gasteiger partial charge in [-0.05, 0) is 52.7 Å². The van der Waals surface area contributed by atoms with Gasteiger partial charge in [0.25, 0.3) is 0 Å². The van der Waals surface area contributed by atoms with Crippen molar-refractivity contribution in [2.45, 2.75) is 32.7 Å². The summed E-state index contributed by atoms with van der Waals surface area (Å²) in [4.78, 5) is 0. The number of hydrogen-bond donors (Lipinski definition) is 1. The molecule has 0 fully saturated rings. The second kappa shape index (κ2) is 5.89. The van der Waals surface area contributed by atoms with Crippen molar-refractivity contribution in [3.63, 3.8) is 0 Å². The largest absolute Gasteiger partial charge is 0.317 e. The van der Waals surface area contributed by atoms with Crippen molar-refractivity contribution in [3.05, 3.63) is 20.8 Å². The molecule has 0 aliphatic rings. The molecule has 1 unspecified atom stereocenters. The first-order chi connectivity index (χ1) is 6.65. The van der Waals surface area contributed by atoms with E-state index >= 15 is 0 Å². The smallest absolute Gasteiger partial charge is 0.0314 e. The second-order valence-corrected chi connectivity index (χ2v) is 5.52. The van der Waals surface area contributed by atoms with Crippen LogP contribution in [-0.4, -0.2) is 13.1 Å². The van der Waals surface area contributed by atoms with Gasteiger partial charge in [-0.25, -0.2) is 0 Å². The number of aryl methyl sites for hydroxylation is 1. The summed E-state index contributed by atoms with van der Waals surface area (Å²) < 4.78 is 1.26. The van der Waals surface area contributed by atoms with Gasteiger partial charge in [0.05, 0.1) is 0 Å². The third-order valence-corrected chi connectivity index (χ3v) is 4.42. The van der Waals surface area contributed by atoms with E-state index in [0.29, 0.717) is 12.0 Å². The SMILES string of the molecule is CNC(CCc1cscc1Br)C(C)C. The van der Waals surface area contributed by atoms with Crippen LogP contribution in [0.1, 0.15) is 25.8 Å². The Morgan fingerprint density at radius 2 is 2.14 bits per heavy atom. The lowest BCUT2D eigenvalue weighted by atomic mass is 9.98. The van der Waals surface area contributed by atoms with Crippen molar-refractivity contribution in [2.24, 2.45) is 5.92 Å². The fraction of sp³-hybridized carbons (Fsp3) is 0.636. The summed E-state index contributed by atoms with van der Waals surface area (Å²) in [5.41, 5.74) is 1.44. The molecule has 14 heavy (non-hydrogen) atoms. The third kappa shape index (κ3) is 3.37. The zero-order chi connectivity index (χ0) is 10.6. The Kier molecular flexibility index (Phi) is 5.13. The van der Waals surface area contributed by atoms with Crippen LogP contribution in [0.3, 0.4) is 0 Å². The topological polar surface area (TPSA) is 12.0 Å². The molecule has 1 heterocycles. The Morgan fingerprint density at radius 1 is 1.43 bits per heavy atom. The summed E-state index contributed by atoms with van der Waals surface area (Å²) in [6.45, 7) is 4.54. The van der Waals surface area contributed by atoms with Crippen LogP contribution >= 0.6 is 27.3 Å². The molecule has 1 atom stereocenters. The van der Waals surface area contributed by atoms with Crippen LogP contribution in [0.2, 0.25) is 0 Å². The maximum atomic E-state index is 3.57. The molecule has 1 nitrogen and oxygen atoms in total. The van der Waals surface area contributed by atoms with E-state index in [1.54, 1.807) is 11.3 Å². The summed E-state index contributed by atoms with van der Waals surface area (Å²) in [6.07, 6.45) is 2.37. The maximum Gasteiger partial charge on any atom is 0.0314 e. The Hall–Kier alpha value is 0.140. The number of thiophene rings is 1. The Balaban J connectivity index is 2.43. The van der Waals surface area contributed by atoms with Crippen LogP contribution in [0, 0.1) is 5.92 Å². The summed E-state index contributed by atoms with van der Waals surface area (Å²) in [5, 5.41) is 7.76. The molecule has 1 aromatic rings. The molecule has 0 aliphatic heterocycles. The van der Waals surface area contributed by atoms with E-state index in [1.807, 2.05) is 7.05 Å². The minimum Gasteiger partial charge on any atom is -0.317 e. The number of nitrogens with one attached hydrogen (secondary N) is 1. The minimum atomic E-state index is 0.627. The van der Waals surface area contributed by atoms with Crippen LogP contribution in [-0.2, 0) is 6.42 Å². The predicted molar refractivity (Wildman–Crippen MR) is 68.0 cm³/mol. The maximum absolute atomic E-state index is 3.57. The summed E-state index contributed by atoms with van der Waals surface area (Å²) >= 11 is 5.33. The van der Waals surface area contributed by atoms with E-state index in [1.165, 1.54) is 16.5 Å². The van der Waals surface area contributed by atoms with Gasteiger partial charge in [0.2, 0.25) is 0 Å². The molecular weight excluding hydrogens is 258 g/mol. The lowest BCUT2D eigenvalue weighted by Gasteiger charge is -2.19. The quantitative estimate of drug-likeness (QED) is 0.865. The van der Waals surface area contributed by atoms with E-state index in [9.17, 15) is 0 Å². The molecule has 0 amide bonds. The average molecular weight is 276 g/mol. The van der Waals surface area contributed by atoms with Crippen molar-refractivity contribution >= 4 is 27.3 Å². The molecule has 1 aromatic heterocycles. The van der Waals surface area contributed by atoms with Crippen LogP contribution in [0.4, 0.5) is 0 Å². The van der Waals surface area contributed by atoms with Crippen molar-refractivity contribution in [1.82, 2.24) is 5.32 Å². The van der Waals surface area contributed by atoms with Gasteiger partial charge < -0.3 is 5.32 Å². The summed E-state index contributed by atoms with van der Waals surface area (Å²) in [7, 11) is 2.05. The Labute approximate surface area is 99.0 Å². The normalized spacial score (nSPS) is 13.5. The summed E-state index contributed by atoms with van der Waals surface area (Å²) in [6, 6.07) is 0.627. The highest BCUT2D eigenvalue weighted by atomic mass is 79.9. The van der Waals surface area contributed by atoms with Crippen molar-refractivity contribution in [3.8, 4) is 0 Å². The van der Waals surface area contributed by atoms with Crippen molar-refractivity contribution in [2.75, 3.05) is 7.05 Å². The molecule has 0 aromatic carbocycles. The molecule has 80 valence electrons. The zero-order valence-electron chi connectivity index (χ0n) is 9.01. The first kappa shape index (κ1) is 12.2. The average Bonchev–Trinajstić information content (AvgIpc) is 2.52. The second-order valence-electron chi connectivity index (χ2n) is 3.92. The van der Waals surface area contributed by atoms with Gasteiger partial charge in [-0.1, -0.05) is 13.8 Å². The lowest BCUT2D eigenvalue weighted by Crippen LogP contribution is -2.30. The molecule has 3 heteroatoms. The molecule has 0 aliphatic carbocycles. The van der Waals surface area contributed by atoms with Crippen LogP contribution in [0.15, 0.2) is 15.2 Å². The first-order valence-electron chi connectivity index (χ1n) is 5.03. The molecule has 1 rings (SSSR count).